The Morgan fingerprint density at radius 1 is 1.20 bits per heavy atom. The Morgan fingerprint density at radius 3 is 2.65 bits per heavy atom. The Morgan fingerprint density at radius 2 is 1.95 bits per heavy atom. The molecule has 104 valence electrons. The van der Waals surface area contributed by atoms with Crippen molar-refractivity contribution in [1.82, 2.24) is 0 Å². The number of hydrogen-bond donors (Lipinski definition) is 1. The molecular weight excluding hydrogens is 288 g/mol. The molecule has 2 rings (SSSR count). The molecule has 0 aliphatic rings. The molecule has 2 aromatic carbocycles. The van der Waals surface area contributed by atoms with E-state index in [2.05, 4.69) is 17.1 Å². The van der Waals surface area contributed by atoms with E-state index in [4.69, 9.17) is 17.3 Å². The molecule has 0 aliphatic heterocycles. The minimum Gasteiger partial charge on any atom is -0.379 e. The van der Waals surface area contributed by atoms with Gasteiger partial charge in [-0.3, -0.25) is 4.99 Å². The highest BCUT2D eigenvalue weighted by Crippen LogP contribution is 2.20. The van der Waals surface area contributed by atoms with Crippen molar-refractivity contribution < 1.29 is 0 Å². The molecule has 0 unspecified atom stereocenters. The summed E-state index contributed by atoms with van der Waals surface area (Å²) < 4.78 is 0. The Balaban J connectivity index is 1.94. The van der Waals surface area contributed by atoms with Gasteiger partial charge in [0.15, 0.2) is 5.17 Å². The summed E-state index contributed by atoms with van der Waals surface area (Å²) in [6, 6.07) is 18.0. The minimum absolute atomic E-state index is 0.0723. The second-order valence-corrected chi connectivity index (χ2v) is 5.90. The zero-order valence-corrected chi connectivity index (χ0v) is 12.9. The largest absolute Gasteiger partial charge is 0.379 e. The zero-order valence-electron chi connectivity index (χ0n) is 11.3. The van der Waals surface area contributed by atoms with E-state index in [9.17, 15) is 0 Å². The number of nitrogens with zero attached hydrogens (tertiary/aromatic N) is 1. The van der Waals surface area contributed by atoms with Gasteiger partial charge in [0.05, 0.1) is 6.04 Å². The van der Waals surface area contributed by atoms with Crippen LogP contribution in [-0.2, 0) is 5.75 Å². The van der Waals surface area contributed by atoms with Gasteiger partial charge in [0.25, 0.3) is 0 Å². The van der Waals surface area contributed by atoms with Crippen LogP contribution in [0, 0.1) is 0 Å². The maximum Gasteiger partial charge on any atom is 0.154 e. The van der Waals surface area contributed by atoms with Crippen molar-refractivity contribution in [2.75, 3.05) is 0 Å². The van der Waals surface area contributed by atoms with Gasteiger partial charge in [-0.15, -0.1) is 0 Å². The molecule has 2 nitrogen and oxygen atoms in total. The van der Waals surface area contributed by atoms with Crippen LogP contribution in [0.5, 0.6) is 0 Å². The number of halogens is 1. The van der Waals surface area contributed by atoms with Gasteiger partial charge in [0, 0.05) is 10.8 Å². The van der Waals surface area contributed by atoms with Gasteiger partial charge in [-0.1, -0.05) is 65.8 Å². The van der Waals surface area contributed by atoms with E-state index in [0.717, 1.165) is 16.3 Å². The van der Waals surface area contributed by atoms with Gasteiger partial charge in [0.2, 0.25) is 0 Å². The molecule has 0 amide bonds. The lowest BCUT2D eigenvalue weighted by Crippen LogP contribution is -2.08. The molecule has 1 atom stereocenters. The Kier molecular flexibility index (Phi) is 5.50. The van der Waals surface area contributed by atoms with Crippen molar-refractivity contribution in [3.05, 3.63) is 70.7 Å². The van der Waals surface area contributed by atoms with Gasteiger partial charge in [-0.2, -0.15) is 0 Å². The number of amidine groups is 1. The lowest BCUT2D eigenvalue weighted by Gasteiger charge is -2.08. The Hall–Kier alpha value is -1.45. The number of nitrogens with two attached hydrogens (primary N) is 1. The smallest absolute Gasteiger partial charge is 0.154 e. The first-order chi connectivity index (χ1) is 9.65. The highest BCUT2D eigenvalue weighted by atomic mass is 35.5. The van der Waals surface area contributed by atoms with Gasteiger partial charge >= 0.3 is 0 Å². The van der Waals surface area contributed by atoms with E-state index in [1.54, 1.807) is 0 Å². The summed E-state index contributed by atoms with van der Waals surface area (Å²) >= 11 is 7.48. The molecule has 0 radical (unpaired) electrons. The maximum atomic E-state index is 5.98. The number of aliphatic imine (C=N–C) groups is 1. The molecule has 0 heterocycles. The molecule has 20 heavy (non-hydrogen) atoms. The summed E-state index contributed by atoms with van der Waals surface area (Å²) in [4.78, 5) is 4.51. The fourth-order valence-corrected chi connectivity index (χ4v) is 2.76. The molecule has 0 fully saturated rings. The molecule has 0 aromatic heterocycles. The quantitative estimate of drug-likeness (QED) is 0.659. The molecule has 2 N–H and O–H groups in total. The summed E-state index contributed by atoms with van der Waals surface area (Å²) in [5, 5.41) is 1.34. The third kappa shape index (κ3) is 4.58. The molecule has 2 aromatic rings. The second kappa shape index (κ2) is 7.36. The molecule has 0 aliphatic carbocycles. The Labute approximate surface area is 129 Å². The van der Waals surface area contributed by atoms with Crippen LogP contribution in [0.15, 0.2) is 59.6 Å². The first-order valence-electron chi connectivity index (χ1n) is 6.40. The van der Waals surface area contributed by atoms with Crippen LogP contribution >= 0.6 is 23.4 Å². The fourth-order valence-electron chi connectivity index (χ4n) is 1.82. The van der Waals surface area contributed by atoms with Crippen LogP contribution in [0.25, 0.3) is 0 Å². The number of hydrogen-bond acceptors (Lipinski definition) is 2. The molecular formula is C16H17ClN2S. The van der Waals surface area contributed by atoms with Crippen molar-refractivity contribution >= 4 is 28.5 Å². The van der Waals surface area contributed by atoms with Crippen LogP contribution in [0.1, 0.15) is 24.1 Å². The third-order valence-corrected chi connectivity index (χ3v) is 3.99. The number of rotatable bonds is 4. The van der Waals surface area contributed by atoms with E-state index in [-0.39, 0.29) is 6.04 Å². The van der Waals surface area contributed by atoms with E-state index in [1.807, 2.05) is 49.4 Å². The van der Waals surface area contributed by atoms with Gasteiger partial charge in [0.1, 0.15) is 0 Å². The topological polar surface area (TPSA) is 38.4 Å². The average Bonchev–Trinajstić information content (AvgIpc) is 2.46. The normalized spacial score (nSPS) is 13.2. The molecule has 4 heteroatoms. The van der Waals surface area contributed by atoms with E-state index in [1.165, 1.54) is 17.3 Å². The van der Waals surface area contributed by atoms with Crippen molar-refractivity contribution in [1.29, 1.82) is 0 Å². The minimum atomic E-state index is 0.0723. The van der Waals surface area contributed by atoms with Gasteiger partial charge in [-0.05, 0) is 30.2 Å². The lowest BCUT2D eigenvalue weighted by molar-refractivity contribution is 0.822. The highest BCUT2D eigenvalue weighted by Gasteiger charge is 2.04. The monoisotopic (exact) mass is 304 g/mol. The summed E-state index contributed by atoms with van der Waals surface area (Å²) in [5.74, 6) is 0.775. The van der Waals surface area contributed by atoms with Crippen LogP contribution in [0.4, 0.5) is 0 Å². The van der Waals surface area contributed by atoms with Crippen molar-refractivity contribution in [2.45, 2.75) is 18.7 Å². The molecule has 0 spiro atoms. The SMILES string of the molecule is C[C@@H](N=C(N)SCc1cccc(Cl)c1)c1ccccc1. The standard InChI is InChI=1S/C16H17ClN2S/c1-12(14-7-3-2-4-8-14)19-16(18)20-11-13-6-5-9-15(17)10-13/h2-10,12H,11H2,1H3,(H2,18,19)/t12-/m1/s1. The van der Waals surface area contributed by atoms with E-state index < -0.39 is 0 Å². The van der Waals surface area contributed by atoms with Crippen LogP contribution in [0.3, 0.4) is 0 Å². The molecule has 0 saturated heterocycles. The Bertz CT molecular complexity index is 584. The van der Waals surface area contributed by atoms with Crippen LogP contribution < -0.4 is 5.73 Å². The third-order valence-electron chi connectivity index (χ3n) is 2.88. The number of benzene rings is 2. The average molecular weight is 305 g/mol. The van der Waals surface area contributed by atoms with Gasteiger partial charge in [-0.25, -0.2) is 0 Å². The fraction of sp³-hybridized carbons (Fsp3) is 0.188. The van der Waals surface area contributed by atoms with E-state index in [0.29, 0.717) is 5.17 Å². The van der Waals surface area contributed by atoms with Crippen molar-refractivity contribution in [2.24, 2.45) is 10.7 Å². The zero-order chi connectivity index (χ0) is 14.4. The summed E-state index contributed by atoms with van der Waals surface area (Å²) in [5.41, 5.74) is 8.29. The molecule has 0 bridgehead atoms. The first kappa shape index (κ1) is 14.9. The second-order valence-electron chi connectivity index (χ2n) is 4.47. The summed E-state index contributed by atoms with van der Waals surface area (Å²) in [7, 11) is 0. The van der Waals surface area contributed by atoms with Crippen molar-refractivity contribution in [3.8, 4) is 0 Å². The van der Waals surface area contributed by atoms with Gasteiger partial charge < -0.3 is 5.73 Å². The van der Waals surface area contributed by atoms with E-state index >= 15 is 0 Å². The maximum absolute atomic E-state index is 5.98. The predicted octanol–water partition coefficient (Wildman–Crippen LogP) is 4.65. The van der Waals surface area contributed by atoms with Crippen molar-refractivity contribution in [3.63, 3.8) is 0 Å². The summed E-state index contributed by atoms with van der Waals surface area (Å²) in [6.45, 7) is 2.04. The predicted molar refractivity (Wildman–Crippen MR) is 89.2 cm³/mol. The van der Waals surface area contributed by atoms with Crippen LogP contribution in [-0.4, -0.2) is 5.17 Å². The number of thioether (sulfide) groups is 1. The first-order valence-corrected chi connectivity index (χ1v) is 7.77. The highest BCUT2D eigenvalue weighted by molar-refractivity contribution is 8.13. The lowest BCUT2D eigenvalue weighted by atomic mass is 10.1. The van der Waals surface area contributed by atoms with Crippen LogP contribution in [0.2, 0.25) is 5.02 Å². The summed E-state index contributed by atoms with van der Waals surface area (Å²) in [6.07, 6.45) is 0. The molecule has 0 saturated carbocycles.